The summed E-state index contributed by atoms with van der Waals surface area (Å²) in [6, 6.07) is 22.7. The lowest BCUT2D eigenvalue weighted by Gasteiger charge is -2.20. The van der Waals surface area contributed by atoms with Crippen molar-refractivity contribution >= 4 is 31.4 Å². The fraction of sp³-hybridized carbons (Fsp3) is 0.303. The SMILES string of the molecule is CCC(CNS(=O)(=O)c1ccccc1)c1cc(O)c(C(c2cccc(NS(=O)(=O)c3ccc(N(C)C)cc3)c2)C2CC2)c(=O)o1. The van der Waals surface area contributed by atoms with Gasteiger partial charge in [-0.15, -0.1) is 0 Å². The van der Waals surface area contributed by atoms with Crippen molar-refractivity contribution in [3.05, 3.63) is 112 Å². The topological polar surface area (TPSA) is 146 Å². The molecule has 1 aliphatic rings. The first-order valence-corrected chi connectivity index (χ1v) is 17.7. The summed E-state index contributed by atoms with van der Waals surface area (Å²) in [5.74, 6) is -1.02. The van der Waals surface area contributed by atoms with Gasteiger partial charge < -0.3 is 14.4 Å². The molecule has 3 aromatic carbocycles. The first kappa shape index (κ1) is 32.3. The molecule has 1 aliphatic carbocycles. The number of nitrogens with one attached hydrogen (secondary N) is 2. The molecule has 3 N–H and O–H groups in total. The molecule has 0 saturated heterocycles. The van der Waals surface area contributed by atoms with Crippen molar-refractivity contribution < 1.29 is 26.4 Å². The summed E-state index contributed by atoms with van der Waals surface area (Å²) in [4.78, 5) is 15.6. The molecule has 12 heteroatoms. The van der Waals surface area contributed by atoms with Crippen LogP contribution in [0.3, 0.4) is 0 Å². The fourth-order valence-corrected chi connectivity index (χ4v) is 7.52. The van der Waals surface area contributed by atoms with Crippen molar-refractivity contribution in [2.75, 3.05) is 30.3 Å². The fourth-order valence-electron chi connectivity index (χ4n) is 5.37. The van der Waals surface area contributed by atoms with Crippen LogP contribution in [-0.2, 0) is 20.0 Å². The van der Waals surface area contributed by atoms with E-state index in [4.69, 9.17) is 4.42 Å². The van der Waals surface area contributed by atoms with Crippen LogP contribution in [0.2, 0.25) is 0 Å². The van der Waals surface area contributed by atoms with Crippen molar-refractivity contribution in [3.63, 3.8) is 0 Å². The van der Waals surface area contributed by atoms with E-state index in [1.807, 2.05) is 25.9 Å². The molecule has 1 fully saturated rings. The predicted molar refractivity (Wildman–Crippen MR) is 174 cm³/mol. The zero-order valence-corrected chi connectivity index (χ0v) is 26.9. The zero-order chi connectivity index (χ0) is 32.4. The van der Waals surface area contributed by atoms with Gasteiger partial charge in [0, 0.05) is 49.9 Å². The number of aromatic hydroxyl groups is 1. The molecule has 0 aliphatic heterocycles. The molecule has 1 saturated carbocycles. The summed E-state index contributed by atoms with van der Waals surface area (Å²) in [6.07, 6.45) is 2.11. The molecule has 5 rings (SSSR count). The molecule has 0 bridgehead atoms. The van der Waals surface area contributed by atoms with Crippen LogP contribution in [0, 0.1) is 5.92 Å². The Bertz CT molecular complexity index is 1920. The first-order valence-electron chi connectivity index (χ1n) is 14.7. The van der Waals surface area contributed by atoms with E-state index in [0.29, 0.717) is 17.7 Å². The second-order valence-electron chi connectivity index (χ2n) is 11.4. The van der Waals surface area contributed by atoms with Crippen LogP contribution in [0.4, 0.5) is 11.4 Å². The Morgan fingerprint density at radius 1 is 0.889 bits per heavy atom. The molecule has 4 aromatic rings. The van der Waals surface area contributed by atoms with Gasteiger partial charge in [0.25, 0.3) is 10.0 Å². The van der Waals surface area contributed by atoms with Gasteiger partial charge in [0.15, 0.2) is 0 Å². The highest BCUT2D eigenvalue weighted by Gasteiger charge is 2.38. The molecule has 2 atom stereocenters. The minimum atomic E-state index is -3.88. The van der Waals surface area contributed by atoms with E-state index in [2.05, 4.69) is 9.44 Å². The summed E-state index contributed by atoms with van der Waals surface area (Å²) in [7, 11) is -3.92. The summed E-state index contributed by atoms with van der Waals surface area (Å²) in [6.45, 7) is 1.81. The summed E-state index contributed by atoms with van der Waals surface area (Å²) < 4.78 is 62.7. The average Bonchev–Trinajstić information content (AvgIpc) is 3.85. The maximum absolute atomic E-state index is 13.4. The molecule has 0 spiro atoms. The Morgan fingerprint density at radius 2 is 1.56 bits per heavy atom. The number of hydrogen-bond donors (Lipinski definition) is 3. The van der Waals surface area contributed by atoms with Crippen LogP contribution in [-0.4, -0.2) is 42.6 Å². The van der Waals surface area contributed by atoms with E-state index in [9.17, 15) is 26.7 Å². The summed E-state index contributed by atoms with van der Waals surface area (Å²) in [5, 5.41) is 11.2. The molecule has 1 heterocycles. The highest BCUT2D eigenvalue weighted by molar-refractivity contribution is 7.92. The number of nitrogens with zero attached hydrogens (tertiary/aromatic N) is 1. The molecule has 45 heavy (non-hydrogen) atoms. The van der Waals surface area contributed by atoms with Crippen LogP contribution >= 0.6 is 0 Å². The van der Waals surface area contributed by atoms with Gasteiger partial charge in [0.2, 0.25) is 10.0 Å². The van der Waals surface area contributed by atoms with Crippen LogP contribution < -0.4 is 20.0 Å². The van der Waals surface area contributed by atoms with Gasteiger partial charge in [-0.3, -0.25) is 4.72 Å². The van der Waals surface area contributed by atoms with Crippen molar-refractivity contribution in [3.8, 4) is 5.75 Å². The molecule has 238 valence electrons. The third kappa shape index (κ3) is 7.41. The second-order valence-corrected chi connectivity index (χ2v) is 14.9. The highest BCUT2D eigenvalue weighted by Crippen LogP contribution is 2.48. The van der Waals surface area contributed by atoms with Crippen molar-refractivity contribution in [2.45, 2.75) is 47.8 Å². The maximum atomic E-state index is 13.4. The minimum Gasteiger partial charge on any atom is -0.507 e. The first-order chi connectivity index (χ1) is 21.4. The Morgan fingerprint density at radius 3 is 2.16 bits per heavy atom. The number of sulfonamides is 2. The van der Waals surface area contributed by atoms with E-state index in [-0.39, 0.29) is 39.3 Å². The lowest BCUT2D eigenvalue weighted by Crippen LogP contribution is -2.29. The van der Waals surface area contributed by atoms with E-state index < -0.39 is 37.5 Å². The minimum absolute atomic E-state index is 0.0262. The van der Waals surface area contributed by atoms with Gasteiger partial charge in [-0.25, -0.2) is 26.4 Å². The third-order valence-corrected chi connectivity index (χ3v) is 10.9. The average molecular weight is 652 g/mol. The van der Waals surface area contributed by atoms with E-state index in [0.717, 1.165) is 18.5 Å². The standard InChI is InChI=1S/C33H37N3O7S2/c1-4-22(21-34-44(39,40)27-11-6-5-7-12-27)30-20-29(37)32(33(38)43-30)31(23-13-14-23)24-9-8-10-25(19-24)35-45(41,42)28-17-15-26(16-18-28)36(2)3/h5-12,15-20,22-23,31,34-35,37H,4,13-14,21H2,1-3H3. The van der Waals surface area contributed by atoms with Gasteiger partial charge in [0.05, 0.1) is 15.4 Å². The van der Waals surface area contributed by atoms with Crippen LogP contribution in [0.15, 0.2) is 104 Å². The van der Waals surface area contributed by atoms with E-state index in [1.54, 1.807) is 54.6 Å². The van der Waals surface area contributed by atoms with Crippen molar-refractivity contribution in [2.24, 2.45) is 5.92 Å². The van der Waals surface area contributed by atoms with Gasteiger partial charge in [-0.2, -0.15) is 0 Å². The molecule has 1 aromatic heterocycles. The molecule has 0 amide bonds. The monoisotopic (exact) mass is 651 g/mol. The smallest absolute Gasteiger partial charge is 0.343 e. The second kappa shape index (κ2) is 13.1. The molecular formula is C33H37N3O7S2. The normalized spacial score (nSPS) is 14.9. The van der Waals surface area contributed by atoms with Gasteiger partial charge in [0.1, 0.15) is 11.5 Å². The molecule has 2 unspecified atom stereocenters. The van der Waals surface area contributed by atoms with E-state index in [1.165, 1.54) is 30.3 Å². The number of rotatable bonds is 13. The van der Waals surface area contributed by atoms with Crippen LogP contribution in [0.1, 0.15) is 54.9 Å². The number of anilines is 2. The number of hydrogen-bond acceptors (Lipinski definition) is 8. The lowest BCUT2D eigenvalue weighted by atomic mass is 9.87. The molecule has 10 nitrogen and oxygen atoms in total. The van der Waals surface area contributed by atoms with Crippen LogP contribution in [0.5, 0.6) is 5.75 Å². The Balaban J connectivity index is 1.39. The van der Waals surface area contributed by atoms with Gasteiger partial charge >= 0.3 is 5.63 Å². The van der Waals surface area contributed by atoms with Gasteiger partial charge in [-0.1, -0.05) is 37.3 Å². The quantitative estimate of drug-likeness (QED) is 0.178. The Hall–Kier alpha value is -4.13. The lowest BCUT2D eigenvalue weighted by molar-refractivity contribution is 0.379. The predicted octanol–water partition coefficient (Wildman–Crippen LogP) is 5.23. The Kier molecular flexibility index (Phi) is 9.38. The zero-order valence-electron chi connectivity index (χ0n) is 25.3. The highest BCUT2D eigenvalue weighted by atomic mass is 32.2. The van der Waals surface area contributed by atoms with Crippen molar-refractivity contribution in [1.29, 1.82) is 0 Å². The molecule has 0 radical (unpaired) electrons. The summed E-state index contributed by atoms with van der Waals surface area (Å²) >= 11 is 0. The van der Waals surface area contributed by atoms with Crippen molar-refractivity contribution in [1.82, 2.24) is 4.72 Å². The maximum Gasteiger partial charge on any atom is 0.343 e. The largest absolute Gasteiger partial charge is 0.507 e. The number of benzene rings is 3. The summed E-state index contributed by atoms with van der Waals surface area (Å²) in [5.41, 5.74) is 1.25. The molecular weight excluding hydrogens is 615 g/mol. The van der Waals surface area contributed by atoms with E-state index >= 15 is 0 Å². The van der Waals surface area contributed by atoms with Crippen LogP contribution in [0.25, 0.3) is 0 Å². The van der Waals surface area contributed by atoms with Gasteiger partial charge in [-0.05, 0) is 79.3 Å². The third-order valence-electron chi connectivity index (χ3n) is 8.02. The Labute approximate surface area is 263 Å².